The fraction of sp³-hybridized carbons (Fsp3) is 0.312. The standard InChI is InChI=1S/C16H16ClN3O3S/c1-10-7-12(19-23-10)9-24-16-18-14-8-11(17)3-4-13(14)15(21)20(16)5-6-22-2/h3-4,7-8H,5-6,9H2,1-2H3. The van der Waals surface area contributed by atoms with Gasteiger partial charge in [-0.1, -0.05) is 28.5 Å². The second-order valence-electron chi connectivity index (χ2n) is 5.22. The number of fused-ring (bicyclic) bond motifs is 1. The molecule has 0 atom stereocenters. The molecular formula is C16H16ClN3O3S. The van der Waals surface area contributed by atoms with Crippen molar-refractivity contribution in [2.24, 2.45) is 0 Å². The average Bonchev–Trinajstić information content (AvgIpc) is 2.97. The molecule has 6 nitrogen and oxygen atoms in total. The number of thioether (sulfide) groups is 1. The van der Waals surface area contributed by atoms with Gasteiger partial charge in [-0.15, -0.1) is 0 Å². The van der Waals surface area contributed by atoms with Crippen LogP contribution in [0.1, 0.15) is 11.5 Å². The summed E-state index contributed by atoms with van der Waals surface area (Å²) < 4.78 is 11.8. The Morgan fingerprint density at radius 1 is 1.38 bits per heavy atom. The van der Waals surface area contributed by atoms with Crippen molar-refractivity contribution in [2.45, 2.75) is 24.4 Å². The number of benzene rings is 1. The van der Waals surface area contributed by atoms with E-state index in [-0.39, 0.29) is 5.56 Å². The van der Waals surface area contributed by atoms with E-state index in [2.05, 4.69) is 10.1 Å². The second-order valence-corrected chi connectivity index (χ2v) is 6.60. The van der Waals surface area contributed by atoms with Crippen LogP contribution in [0.25, 0.3) is 10.9 Å². The molecule has 0 N–H and O–H groups in total. The minimum Gasteiger partial charge on any atom is -0.383 e. The minimum atomic E-state index is -0.104. The molecule has 0 radical (unpaired) electrons. The molecule has 0 amide bonds. The summed E-state index contributed by atoms with van der Waals surface area (Å²) in [7, 11) is 1.60. The van der Waals surface area contributed by atoms with E-state index in [1.807, 2.05) is 13.0 Å². The number of ether oxygens (including phenoxy) is 1. The van der Waals surface area contributed by atoms with E-state index in [4.69, 9.17) is 20.9 Å². The molecule has 24 heavy (non-hydrogen) atoms. The summed E-state index contributed by atoms with van der Waals surface area (Å²) in [5.41, 5.74) is 1.28. The summed E-state index contributed by atoms with van der Waals surface area (Å²) in [6.45, 7) is 2.70. The second kappa shape index (κ2) is 7.38. The lowest BCUT2D eigenvalue weighted by molar-refractivity contribution is 0.183. The fourth-order valence-corrected chi connectivity index (χ4v) is 3.36. The monoisotopic (exact) mass is 365 g/mol. The Kier molecular flexibility index (Phi) is 5.23. The van der Waals surface area contributed by atoms with Crippen LogP contribution in [0.3, 0.4) is 0 Å². The Hall–Kier alpha value is -1.83. The molecule has 0 saturated carbocycles. The zero-order valence-corrected chi connectivity index (χ0v) is 14.9. The number of nitrogens with zero attached hydrogens (tertiary/aromatic N) is 3. The SMILES string of the molecule is COCCn1c(SCc2cc(C)on2)nc2cc(Cl)ccc2c1=O. The first kappa shape index (κ1) is 17.0. The zero-order valence-electron chi connectivity index (χ0n) is 13.3. The van der Waals surface area contributed by atoms with Crippen LogP contribution < -0.4 is 5.56 Å². The van der Waals surface area contributed by atoms with Crippen molar-refractivity contribution in [3.63, 3.8) is 0 Å². The third kappa shape index (κ3) is 3.63. The molecule has 1 aromatic carbocycles. The molecule has 0 aliphatic rings. The van der Waals surface area contributed by atoms with Crippen LogP contribution in [0.4, 0.5) is 0 Å². The molecule has 2 heterocycles. The van der Waals surface area contributed by atoms with Crippen LogP contribution >= 0.6 is 23.4 Å². The van der Waals surface area contributed by atoms with E-state index in [1.54, 1.807) is 29.9 Å². The Bertz CT molecular complexity index is 923. The Morgan fingerprint density at radius 2 is 2.21 bits per heavy atom. The van der Waals surface area contributed by atoms with Crippen LogP contribution in [0, 0.1) is 6.92 Å². The maximum Gasteiger partial charge on any atom is 0.262 e. The van der Waals surface area contributed by atoms with Crippen LogP contribution in [-0.2, 0) is 17.0 Å². The van der Waals surface area contributed by atoms with E-state index in [0.717, 1.165) is 11.5 Å². The molecule has 0 aliphatic carbocycles. The van der Waals surface area contributed by atoms with Crippen LogP contribution in [-0.4, -0.2) is 28.4 Å². The molecule has 0 fully saturated rings. The van der Waals surface area contributed by atoms with Gasteiger partial charge in [0.15, 0.2) is 5.16 Å². The largest absolute Gasteiger partial charge is 0.383 e. The Morgan fingerprint density at radius 3 is 2.92 bits per heavy atom. The third-order valence-electron chi connectivity index (χ3n) is 3.43. The summed E-state index contributed by atoms with van der Waals surface area (Å²) >= 11 is 7.45. The van der Waals surface area contributed by atoms with E-state index >= 15 is 0 Å². The molecule has 0 spiro atoms. The maximum absolute atomic E-state index is 12.8. The molecule has 3 aromatic rings. The van der Waals surface area contributed by atoms with E-state index < -0.39 is 0 Å². The van der Waals surface area contributed by atoms with Gasteiger partial charge in [-0.25, -0.2) is 4.98 Å². The van der Waals surface area contributed by atoms with Gasteiger partial charge in [-0.3, -0.25) is 9.36 Å². The first-order valence-corrected chi connectivity index (χ1v) is 8.69. The molecule has 0 bridgehead atoms. The number of rotatable bonds is 6. The summed E-state index contributed by atoms with van der Waals surface area (Å²) in [6.07, 6.45) is 0. The topological polar surface area (TPSA) is 70.2 Å². The zero-order chi connectivity index (χ0) is 17.1. The van der Waals surface area contributed by atoms with Crippen LogP contribution in [0.15, 0.2) is 38.7 Å². The van der Waals surface area contributed by atoms with E-state index in [9.17, 15) is 4.79 Å². The number of halogens is 1. The van der Waals surface area contributed by atoms with Gasteiger partial charge in [-0.2, -0.15) is 0 Å². The van der Waals surface area contributed by atoms with Crippen molar-refractivity contribution in [3.05, 3.63) is 51.1 Å². The lowest BCUT2D eigenvalue weighted by Crippen LogP contribution is -2.25. The highest BCUT2D eigenvalue weighted by Gasteiger charge is 2.13. The van der Waals surface area contributed by atoms with Crippen molar-refractivity contribution >= 4 is 34.3 Å². The molecular weight excluding hydrogens is 350 g/mol. The fourth-order valence-electron chi connectivity index (χ4n) is 2.29. The minimum absolute atomic E-state index is 0.104. The quantitative estimate of drug-likeness (QED) is 0.493. The Balaban J connectivity index is 2.00. The molecule has 0 unspecified atom stereocenters. The van der Waals surface area contributed by atoms with E-state index in [1.165, 1.54) is 11.8 Å². The van der Waals surface area contributed by atoms with Gasteiger partial charge in [0.1, 0.15) is 5.76 Å². The van der Waals surface area contributed by atoms with Gasteiger partial charge < -0.3 is 9.26 Å². The smallest absolute Gasteiger partial charge is 0.262 e. The van der Waals surface area contributed by atoms with Crippen molar-refractivity contribution in [1.82, 2.24) is 14.7 Å². The highest BCUT2D eigenvalue weighted by atomic mass is 35.5. The lowest BCUT2D eigenvalue weighted by atomic mass is 10.2. The van der Waals surface area contributed by atoms with Crippen LogP contribution in [0.2, 0.25) is 5.02 Å². The first-order valence-electron chi connectivity index (χ1n) is 7.32. The molecule has 8 heteroatoms. The third-order valence-corrected chi connectivity index (χ3v) is 4.67. The average molecular weight is 366 g/mol. The van der Waals surface area contributed by atoms with Gasteiger partial charge in [0, 0.05) is 24.0 Å². The molecule has 126 valence electrons. The number of methoxy groups -OCH3 is 1. The van der Waals surface area contributed by atoms with E-state index in [0.29, 0.717) is 40.0 Å². The summed E-state index contributed by atoms with van der Waals surface area (Å²) in [5.74, 6) is 1.31. The van der Waals surface area contributed by atoms with Gasteiger partial charge in [0.05, 0.1) is 29.7 Å². The Labute approximate surface area is 147 Å². The predicted molar refractivity (Wildman–Crippen MR) is 93.7 cm³/mol. The molecule has 0 saturated heterocycles. The van der Waals surface area contributed by atoms with Gasteiger partial charge in [-0.05, 0) is 25.1 Å². The maximum atomic E-state index is 12.8. The normalized spacial score (nSPS) is 11.3. The van der Waals surface area contributed by atoms with Gasteiger partial charge in [0.25, 0.3) is 5.56 Å². The predicted octanol–water partition coefficient (Wildman–Crippen LogP) is 3.29. The van der Waals surface area contributed by atoms with Crippen molar-refractivity contribution in [3.8, 4) is 0 Å². The van der Waals surface area contributed by atoms with Crippen LogP contribution in [0.5, 0.6) is 0 Å². The molecule has 0 aliphatic heterocycles. The lowest BCUT2D eigenvalue weighted by Gasteiger charge is -2.12. The summed E-state index contributed by atoms with van der Waals surface area (Å²) in [5, 5.41) is 5.66. The number of aryl methyl sites for hydroxylation is 1. The molecule has 2 aromatic heterocycles. The summed E-state index contributed by atoms with van der Waals surface area (Å²) in [6, 6.07) is 6.95. The van der Waals surface area contributed by atoms with Crippen molar-refractivity contribution in [2.75, 3.05) is 13.7 Å². The van der Waals surface area contributed by atoms with Gasteiger partial charge >= 0.3 is 0 Å². The van der Waals surface area contributed by atoms with Crippen molar-refractivity contribution in [1.29, 1.82) is 0 Å². The van der Waals surface area contributed by atoms with Crippen molar-refractivity contribution < 1.29 is 9.26 Å². The highest BCUT2D eigenvalue weighted by Crippen LogP contribution is 2.23. The first-order chi connectivity index (χ1) is 11.6. The summed E-state index contributed by atoms with van der Waals surface area (Å²) in [4.78, 5) is 17.4. The van der Waals surface area contributed by atoms with Gasteiger partial charge in [0.2, 0.25) is 0 Å². The number of hydrogen-bond donors (Lipinski definition) is 0. The number of hydrogen-bond acceptors (Lipinski definition) is 6. The number of aromatic nitrogens is 3. The molecule has 3 rings (SSSR count). The highest BCUT2D eigenvalue weighted by molar-refractivity contribution is 7.98.